The molecular weight excluding hydrogens is 274 g/mol. The van der Waals surface area contributed by atoms with E-state index in [0.717, 1.165) is 37.6 Å². The van der Waals surface area contributed by atoms with Gasteiger partial charge in [-0.2, -0.15) is 0 Å². The maximum absolute atomic E-state index is 12.1. The minimum atomic E-state index is -0.171. The van der Waals surface area contributed by atoms with Crippen LogP contribution in [0.5, 0.6) is 0 Å². The molecule has 1 N–H and O–H groups in total. The summed E-state index contributed by atoms with van der Waals surface area (Å²) in [6, 6.07) is 3.78. The molecule has 1 aliphatic heterocycles. The molecule has 1 fully saturated rings. The summed E-state index contributed by atoms with van der Waals surface area (Å²) < 4.78 is 0. The van der Waals surface area contributed by atoms with Crippen LogP contribution < -0.4 is 10.5 Å². The van der Waals surface area contributed by atoms with Gasteiger partial charge in [0.25, 0.3) is 5.56 Å². The highest BCUT2D eigenvalue weighted by molar-refractivity contribution is 7.13. The lowest BCUT2D eigenvalue weighted by atomic mass is 10.3. The van der Waals surface area contributed by atoms with Gasteiger partial charge in [0.15, 0.2) is 5.69 Å². The lowest BCUT2D eigenvalue weighted by Gasteiger charge is -2.33. The summed E-state index contributed by atoms with van der Waals surface area (Å²) in [4.78, 5) is 20.3. The van der Waals surface area contributed by atoms with Crippen molar-refractivity contribution in [2.45, 2.75) is 6.92 Å². The molecule has 1 aliphatic rings. The summed E-state index contributed by atoms with van der Waals surface area (Å²) >= 11 is 1.49. The molecule has 0 amide bonds. The van der Waals surface area contributed by atoms with Crippen LogP contribution in [-0.2, 0) is 0 Å². The third kappa shape index (κ3) is 2.59. The number of anilines is 1. The zero-order chi connectivity index (χ0) is 13.9. The van der Waals surface area contributed by atoms with Crippen LogP contribution in [0.4, 0.5) is 5.95 Å². The van der Waals surface area contributed by atoms with Crippen molar-refractivity contribution in [3.05, 3.63) is 27.9 Å². The van der Waals surface area contributed by atoms with Gasteiger partial charge in [0.2, 0.25) is 5.95 Å². The summed E-state index contributed by atoms with van der Waals surface area (Å²) in [5.41, 5.74) is 0.228. The van der Waals surface area contributed by atoms with Crippen LogP contribution in [0.3, 0.4) is 0 Å². The van der Waals surface area contributed by atoms with Crippen molar-refractivity contribution in [2.24, 2.45) is 0 Å². The van der Waals surface area contributed by atoms with Crippen LogP contribution in [0.25, 0.3) is 10.6 Å². The highest BCUT2D eigenvalue weighted by Crippen LogP contribution is 2.19. The van der Waals surface area contributed by atoms with Gasteiger partial charge in [-0.15, -0.1) is 21.5 Å². The first kappa shape index (κ1) is 13.3. The zero-order valence-corrected chi connectivity index (χ0v) is 12.2. The number of H-pyrrole nitrogens is 1. The Kier molecular flexibility index (Phi) is 3.79. The Bertz CT molecular complexity index is 616. The minimum absolute atomic E-state index is 0.171. The standard InChI is InChI=1S/C13H17N5OS/c1-2-17-5-7-18(8-6-17)13-14-12(19)11(15-16-13)10-4-3-9-20-10/h3-4,9H,2,5-8H2,1H3,(H,14,16,19). The van der Waals surface area contributed by atoms with E-state index in [1.165, 1.54) is 11.3 Å². The molecule has 0 atom stereocenters. The van der Waals surface area contributed by atoms with Gasteiger partial charge in [0.05, 0.1) is 4.88 Å². The second kappa shape index (κ2) is 5.72. The number of nitrogens with zero attached hydrogens (tertiary/aromatic N) is 4. The molecule has 0 aliphatic carbocycles. The molecule has 0 bridgehead atoms. The van der Waals surface area contributed by atoms with Gasteiger partial charge < -0.3 is 9.80 Å². The maximum atomic E-state index is 12.1. The number of aromatic nitrogens is 3. The summed E-state index contributed by atoms with van der Waals surface area (Å²) in [5, 5.41) is 10.2. The van der Waals surface area contributed by atoms with E-state index >= 15 is 0 Å². The van der Waals surface area contributed by atoms with E-state index in [0.29, 0.717) is 11.6 Å². The van der Waals surface area contributed by atoms with Crippen LogP contribution in [0, 0.1) is 0 Å². The van der Waals surface area contributed by atoms with Crippen LogP contribution in [0.1, 0.15) is 6.92 Å². The lowest BCUT2D eigenvalue weighted by molar-refractivity contribution is 0.269. The molecule has 1 saturated heterocycles. The van der Waals surface area contributed by atoms with E-state index in [4.69, 9.17) is 0 Å². The van der Waals surface area contributed by atoms with Crippen LogP contribution >= 0.6 is 11.3 Å². The Morgan fingerprint density at radius 1 is 1.30 bits per heavy atom. The first-order valence-corrected chi connectivity index (χ1v) is 7.64. The molecule has 3 heterocycles. The number of hydrogen-bond acceptors (Lipinski definition) is 6. The quantitative estimate of drug-likeness (QED) is 0.915. The molecule has 7 heteroatoms. The first-order valence-electron chi connectivity index (χ1n) is 6.76. The van der Waals surface area contributed by atoms with Gasteiger partial charge in [-0.05, 0) is 18.0 Å². The van der Waals surface area contributed by atoms with E-state index in [1.807, 2.05) is 17.5 Å². The third-order valence-electron chi connectivity index (χ3n) is 3.56. The minimum Gasteiger partial charge on any atom is -0.338 e. The normalized spacial score (nSPS) is 16.6. The van der Waals surface area contributed by atoms with Crippen LogP contribution in [-0.4, -0.2) is 52.8 Å². The largest absolute Gasteiger partial charge is 0.338 e. The van der Waals surface area contributed by atoms with E-state index in [2.05, 4.69) is 31.9 Å². The Labute approximate surface area is 121 Å². The topological polar surface area (TPSA) is 65.1 Å². The molecule has 0 saturated carbocycles. The monoisotopic (exact) mass is 291 g/mol. The predicted molar refractivity (Wildman–Crippen MR) is 80.3 cm³/mol. The van der Waals surface area contributed by atoms with Gasteiger partial charge in [-0.1, -0.05) is 13.0 Å². The number of rotatable bonds is 3. The van der Waals surface area contributed by atoms with Gasteiger partial charge in [0.1, 0.15) is 0 Å². The predicted octanol–water partition coefficient (Wildman–Crippen LogP) is 1.04. The number of piperazine rings is 1. The van der Waals surface area contributed by atoms with Crippen molar-refractivity contribution < 1.29 is 0 Å². The number of aromatic amines is 1. The van der Waals surface area contributed by atoms with Crippen molar-refractivity contribution in [2.75, 3.05) is 37.6 Å². The van der Waals surface area contributed by atoms with Crippen molar-refractivity contribution in [3.63, 3.8) is 0 Å². The van der Waals surface area contributed by atoms with Crippen LogP contribution in [0.2, 0.25) is 0 Å². The SMILES string of the molecule is CCN1CCN(c2nnc(-c3cccs3)c(=O)[nH]2)CC1. The summed E-state index contributed by atoms with van der Waals surface area (Å²) in [5.74, 6) is 0.575. The van der Waals surface area contributed by atoms with E-state index < -0.39 is 0 Å². The second-order valence-electron chi connectivity index (χ2n) is 4.72. The van der Waals surface area contributed by atoms with Crippen molar-refractivity contribution in [1.29, 1.82) is 0 Å². The summed E-state index contributed by atoms with van der Waals surface area (Å²) in [7, 11) is 0. The number of hydrogen-bond donors (Lipinski definition) is 1. The number of thiophene rings is 1. The molecule has 6 nitrogen and oxygen atoms in total. The molecular formula is C13H17N5OS. The molecule has 0 radical (unpaired) electrons. The van der Waals surface area contributed by atoms with Crippen molar-refractivity contribution in [3.8, 4) is 10.6 Å². The Morgan fingerprint density at radius 2 is 2.10 bits per heavy atom. The fourth-order valence-electron chi connectivity index (χ4n) is 2.32. The second-order valence-corrected chi connectivity index (χ2v) is 5.67. The fourth-order valence-corrected chi connectivity index (χ4v) is 3.03. The molecule has 0 unspecified atom stereocenters. The molecule has 2 aromatic rings. The zero-order valence-electron chi connectivity index (χ0n) is 11.4. The molecule has 0 aromatic carbocycles. The first-order chi connectivity index (χ1) is 9.78. The smallest absolute Gasteiger partial charge is 0.280 e. The van der Waals surface area contributed by atoms with Gasteiger partial charge in [-0.3, -0.25) is 9.78 Å². The van der Waals surface area contributed by atoms with Crippen LogP contribution in [0.15, 0.2) is 22.3 Å². The number of likely N-dealkylation sites (N-methyl/N-ethyl adjacent to an activating group) is 1. The van der Waals surface area contributed by atoms with Crippen molar-refractivity contribution >= 4 is 17.3 Å². The molecule has 0 spiro atoms. The maximum Gasteiger partial charge on any atom is 0.280 e. The Hall–Kier alpha value is -1.73. The average molecular weight is 291 g/mol. The molecule has 106 valence electrons. The third-order valence-corrected chi connectivity index (χ3v) is 4.44. The van der Waals surface area contributed by atoms with Gasteiger partial charge >= 0.3 is 0 Å². The Morgan fingerprint density at radius 3 is 2.70 bits per heavy atom. The molecule has 2 aromatic heterocycles. The highest BCUT2D eigenvalue weighted by Gasteiger charge is 2.18. The highest BCUT2D eigenvalue weighted by atomic mass is 32.1. The fraction of sp³-hybridized carbons (Fsp3) is 0.462. The lowest BCUT2D eigenvalue weighted by Crippen LogP contribution is -2.47. The Balaban J connectivity index is 1.79. The van der Waals surface area contributed by atoms with Crippen molar-refractivity contribution in [1.82, 2.24) is 20.1 Å². The average Bonchev–Trinajstić information content (AvgIpc) is 3.01. The van der Waals surface area contributed by atoms with E-state index in [1.54, 1.807) is 0 Å². The summed E-state index contributed by atoms with van der Waals surface area (Å²) in [6.07, 6.45) is 0. The van der Waals surface area contributed by atoms with Gasteiger partial charge in [-0.25, -0.2) is 0 Å². The van der Waals surface area contributed by atoms with Gasteiger partial charge in [0, 0.05) is 26.2 Å². The van der Waals surface area contributed by atoms with E-state index in [9.17, 15) is 4.79 Å². The summed E-state index contributed by atoms with van der Waals surface area (Å²) in [6.45, 7) is 6.95. The number of nitrogens with one attached hydrogen (secondary N) is 1. The molecule has 20 heavy (non-hydrogen) atoms. The molecule has 3 rings (SSSR count). The van der Waals surface area contributed by atoms with E-state index in [-0.39, 0.29) is 5.56 Å².